The molecule has 1 aromatic rings. The van der Waals surface area contributed by atoms with Crippen molar-refractivity contribution in [3.63, 3.8) is 0 Å². The number of benzene rings is 1. The molecule has 0 bridgehead atoms. The second kappa shape index (κ2) is 4.44. The first-order chi connectivity index (χ1) is 8.10. The summed E-state index contributed by atoms with van der Waals surface area (Å²) in [5, 5.41) is 0. The Hall–Kier alpha value is -1.44. The molecule has 17 heavy (non-hydrogen) atoms. The molecule has 1 aliphatic rings. The van der Waals surface area contributed by atoms with Gasteiger partial charge in [-0.05, 0) is 37.0 Å². The lowest BCUT2D eigenvalue weighted by Crippen LogP contribution is -1.99. The minimum absolute atomic E-state index is 0.511. The zero-order chi connectivity index (χ0) is 12.6. The molecule has 0 spiro atoms. The second-order valence-corrected chi connectivity index (χ2v) is 4.85. The average Bonchev–Trinajstić information content (AvgIpc) is 2.64. The zero-order valence-electron chi connectivity index (χ0n) is 11.3. The maximum Gasteiger partial charge on any atom is 0.126 e. The Labute approximate surface area is 103 Å². The standard InChI is InChI=1S/C15H20O2/c1-9(2)14-10(3)8-11-12(16-4)6-7-13(17-5)15(11)14/h6-7,9H,8H2,1-5H3. The third-order valence-electron chi connectivity index (χ3n) is 3.42. The summed E-state index contributed by atoms with van der Waals surface area (Å²) in [7, 11) is 3.46. The molecule has 0 radical (unpaired) electrons. The summed E-state index contributed by atoms with van der Waals surface area (Å²) in [6.45, 7) is 6.66. The van der Waals surface area contributed by atoms with Crippen LogP contribution >= 0.6 is 0 Å². The van der Waals surface area contributed by atoms with E-state index in [0.717, 1.165) is 17.9 Å². The lowest BCUT2D eigenvalue weighted by atomic mass is 9.94. The van der Waals surface area contributed by atoms with Crippen molar-refractivity contribution in [1.82, 2.24) is 0 Å². The average molecular weight is 232 g/mol. The number of fused-ring (bicyclic) bond motifs is 1. The first-order valence-corrected chi connectivity index (χ1v) is 6.04. The van der Waals surface area contributed by atoms with Gasteiger partial charge in [-0.25, -0.2) is 0 Å². The molecule has 0 saturated carbocycles. The summed E-state index contributed by atoms with van der Waals surface area (Å²) < 4.78 is 10.9. The molecular formula is C15H20O2. The highest BCUT2D eigenvalue weighted by molar-refractivity contribution is 5.82. The molecule has 2 rings (SSSR count). The van der Waals surface area contributed by atoms with E-state index >= 15 is 0 Å². The third kappa shape index (κ3) is 1.82. The van der Waals surface area contributed by atoms with Crippen LogP contribution in [0, 0.1) is 5.92 Å². The Morgan fingerprint density at radius 2 is 1.65 bits per heavy atom. The second-order valence-electron chi connectivity index (χ2n) is 4.85. The van der Waals surface area contributed by atoms with E-state index in [1.165, 1.54) is 22.3 Å². The largest absolute Gasteiger partial charge is 0.496 e. The fraction of sp³-hybridized carbons (Fsp3) is 0.467. The molecule has 0 unspecified atom stereocenters. The number of hydrogen-bond acceptors (Lipinski definition) is 2. The Bertz CT molecular complexity index is 470. The number of hydrogen-bond donors (Lipinski definition) is 0. The molecule has 0 saturated heterocycles. The van der Waals surface area contributed by atoms with Gasteiger partial charge >= 0.3 is 0 Å². The van der Waals surface area contributed by atoms with Crippen molar-refractivity contribution in [2.75, 3.05) is 14.2 Å². The molecule has 0 amide bonds. The maximum atomic E-state index is 5.50. The van der Waals surface area contributed by atoms with Crippen molar-refractivity contribution in [1.29, 1.82) is 0 Å². The molecule has 2 heteroatoms. The van der Waals surface area contributed by atoms with Crippen LogP contribution in [0.15, 0.2) is 17.7 Å². The molecule has 1 aliphatic carbocycles. The van der Waals surface area contributed by atoms with Crippen LogP contribution in [0.3, 0.4) is 0 Å². The fourth-order valence-corrected chi connectivity index (χ4v) is 2.79. The smallest absolute Gasteiger partial charge is 0.126 e. The normalized spacial score (nSPS) is 14.2. The molecular weight excluding hydrogens is 212 g/mol. The molecule has 0 aliphatic heterocycles. The van der Waals surface area contributed by atoms with Gasteiger partial charge < -0.3 is 9.47 Å². The zero-order valence-corrected chi connectivity index (χ0v) is 11.3. The minimum Gasteiger partial charge on any atom is -0.496 e. The van der Waals surface area contributed by atoms with Crippen molar-refractivity contribution >= 4 is 5.57 Å². The van der Waals surface area contributed by atoms with Crippen LogP contribution < -0.4 is 9.47 Å². The third-order valence-corrected chi connectivity index (χ3v) is 3.42. The molecule has 92 valence electrons. The van der Waals surface area contributed by atoms with Gasteiger partial charge in [0, 0.05) is 11.1 Å². The highest BCUT2D eigenvalue weighted by atomic mass is 16.5. The van der Waals surface area contributed by atoms with E-state index in [9.17, 15) is 0 Å². The predicted octanol–water partition coefficient (Wildman–Crippen LogP) is 3.69. The van der Waals surface area contributed by atoms with Gasteiger partial charge in [-0.15, -0.1) is 0 Å². The number of allylic oxidation sites excluding steroid dienone is 2. The van der Waals surface area contributed by atoms with Crippen LogP contribution in [-0.2, 0) is 6.42 Å². The first-order valence-electron chi connectivity index (χ1n) is 6.04. The molecule has 0 heterocycles. The van der Waals surface area contributed by atoms with Crippen LogP contribution in [-0.4, -0.2) is 14.2 Å². The summed E-state index contributed by atoms with van der Waals surface area (Å²) in [6, 6.07) is 3.99. The highest BCUT2D eigenvalue weighted by Gasteiger charge is 2.27. The van der Waals surface area contributed by atoms with Gasteiger partial charge in [0.25, 0.3) is 0 Å². The van der Waals surface area contributed by atoms with Crippen LogP contribution in [0.5, 0.6) is 11.5 Å². The molecule has 1 aromatic carbocycles. The highest BCUT2D eigenvalue weighted by Crippen LogP contribution is 2.46. The van der Waals surface area contributed by atoms with E-state index in [1.807, 2.05) is 12.1 Å². The SMILES string of the molecule is COc1ccc(OC)c2c1CC(C)=C2C(C)C. The Morgan fingerprint density at radius 1 is 1.06 bits per heavy atom. The maximum absolute atomic E-state index is 5.50. The summed E-state index contributed by atoms with van der Waals surface area (Å²) in [6.07, 6.45) is 0.975. The first kappa shape index (κ1) is 12.0. The van der Waals surface area contributed by atoms with E-state index < -0.39 is 0 Å². The lowest BCUT2D eigenvalue weighted by Gasteiger charge is -2.16. The Morgan fingerprint density at radius 3 is 2.18 bits per heavy atom. The fourth-order valence-electron chi connectivity index (χ4n) is 2.79. The molecule has 0 atom stereocenters. The van der Waals surface area contributed by atoms with Gasteiger partial charge in [-0.1, -0.05) is 19.4 Å². The van der Waals surface area contributed by atoms with Crippen molar-refractivity contribution < 1.29 is 9.47 Å². The van der Waals surface area contributed by atoms with E-state index in [2.05, 4.69) is 20.8 Å². The number of methoxy groups -OCH3 is 2. The van der Waals surface area contributed by atoms with E-state index in [0.29, 0.717) is 5.92 Å². The molecule has 0 aromatic heterocycles. The summed E-state index contributed by atoms with van der Waals surface area (Å²) in [4.78, 5) is 0. The van der Waals surface area contributed by atoms with Gasteiger partial charge in [0.1, 0.15) is 11.5 Å². The molecule has 0 fully saturated rings. The van der Waals surface area contributed by atoms with Gasteiger partial charge in [0.15, 0.2) is 0 Å². The van der Waals surface area contributed by atoms with Crippen LogP contribution in [0.4, 0.5) is 0 Å². The van der Waals surface area contributed by atoms with Gasteiger partial charge in [0.2, 0.25) is 0 Å². The Balaban J connectivity index is 2.65. The lowest BCUT2D eigenvalue weighted by molar-refractivity contribution is 0.399. The van der Waals surface area contributed by atoms with Gasteiger partial charge in [-0.3, -0.25) is 0 Å². The van der Waals surface area contributed by atoms with E-state index in [-0.39, 0.29) is 0 Å². The predicted molar refractivity (Wildman–Crippen MR) is 70.7 cm³/mol. The van der Waals surface area contributed by atoms with Crippen molar-refractivity contribution in [2.45, 2.75) is 27.2 Å². The summed E-state index contributed by atoms with van der Waals surface area (Å²) >= 11 is 0. The number of ether oxygens (including phenoxy) is 2. The van der Waals surface area contributed by atoms with E-state index in [1.54, 1.807) is 14.2 Å². The van der Waals surface area contributed by atoms with E-state index in [4.69, 9.17) is 9.47 Å². The topological polar surface area (TPSA) is 18.5 Å². The Kier molecular flexibility index (Phi) is 3.14. The summed E-state index contributed by atoms with van der Waals surface area (Å²) in [5.74, 6) is 2.44. The van der Waals surface area contributed by atoms with Crippen molar-refractivity contribution in [3.8, 4) is 11.5 Å². The van der Waals surface area contributed by atoms with Crippen LogP contribution in [0.2, 0.25) is 0 Å². The monoisotopic (exact) mass is 232 g/mol. The minimum atomic E-state index is 0.511. The molecule has 0 N–H and O–H groups in total. The summed E-state index contributed by atoms with van der Waals surface area (Å²) in [5.41, 5.74) is 5.36. The quantitative estimate of drug-likeness (QED) is 0.791. The molecule has 2 nitrogen and oxygen atoms in total. The van der Waals surface area contributed by atoms with Crippen LogP contribution in [0.25, 0.3) is 5.57 Å². The van der Waals surface area contributed by atoms with Gasteiger partial charge in [0.05, 0.1) is 14.2 Å². The van der Waals surface area contributed by atoms with Crippen LogP contribution in [0.1, 0.15) is 31.9 Å². The number of rotatable bonds is 3. The van der Waals surface area contributed by atoms with Gasteiger partial charge in [-0.2, -0.15) is 0 Å². The van der Waals surface area contributed by atoms with Crippen molar-refractivity contribution in [2.24, 2.45) is 5.92 Å². The van der Waals surface area contributed by atoms with Crippen molar-refractivity contribution in [3.05, 3.63) is 28.8 Å².